The van der Waals surface area contributed by atoms with E-state index in [0.717, 1.165) is 0 Å². The molecular formula is C14H12O5. The molecule has 1 aromatic rings. The fraction of sp³-hybridized carbons (Fsp3) is 0.286. The van der Waals surface area contributed by atoms with Gasteiger partial charge in [0, 0.05) is 12.0 Å². The normalized spacial score (nSPS) is 22.9. The molecule has 0 amide bonds. The van der Waals surface area contributed by atoms with E-state index >= 15 is 0 Å². The van der Waals surface area contributed by atoms with E-state index in [1.165, 1.54) is 18.2 Å². The second-order valence-electron chi connectivity index (χ2n) is 4.77. The molecule has 19 heavy (non-hydrogen) atoms. The van der Waals surface area contributed by atoms with Gasteiger partial charge in [-0.25, -0.2) is 0 Å². The van der Waals surface area contributed by atoms with E-state index in [1.54, 1.807) is 6.92 Å². The van der Waals surface area contributed by atoms with E-state index in [0.29, 0.717) is 0 Å². The van der Waals surface area contributed by atoms with Crippen molar-refractivity contribution in [2.24, 2.45) is 0 Å². The summed E-state index contributed by atoms with van der Waals surface area (Å²) in [6.07, 6.45) is -1.14. The van der Waals surface area contributed by atoms with Gasteiger partial charge in [0.25, 0.3) is 0 Å². The van der Waals surface area contributed by atoms with Crippen LogP contribution in [-0.2, 0) is 9.53 Å². The maximum absolute atomic E-state index is 12.0. The number of benzene rings is 1. The molecule has 2 aliphatic rings. The number of ether oxygens (including phenoxy) is 1. The lowest BCUT2D eigenvalue weighted by atomic mass is 9.87. The number of rotatable bonds is 1. The minimum atomic E-state index is -0.761. The summed E-state index contributed by atoms with van der Waals surface area (Å²) < 4.78 is 5.55. The third-order valence-electron chi connectivity index (χ3n) is 3.48. The molecule has 0 radical (unpaired) electrons. The van der Waals surface area contributed by atoms with Gasteiger partial charge in [-0.1, -0.05) is 6.07 Å². The lowest BCUT2D eigenvalue weighted by Crippen LogP contribution is -2.23. The zero-order valence-corrected chi connectivity index (χ0v) is 10.2. The number of aliphatic hydroxyl groups is 1. The largest absolute Gasteiger partial charge is 0.507 e. The summed E-state index contributed by atoms with van der Waals surface area (Å²) in [6.45, 7) is 1.56. The van der Waals surface area contributed by atoms with Crippen molar-refractivity contribution in [2.75, 3.05) is 0 Å². The first-order valence-electron chi connectivity index (χ1n) is 6.00. The number of Topliss-reactive ketones (excluding diaryl/α,β-unsaturated/α-hetero) is 2. The van der Waals surface area contributed by atoms with Crippen LogP contribution in [0.4, 0.5) is 0 Å². The van der Waals surface area contributed by atoms with Crippen LogP contribution >= 0.6 is 0 Å². The van der Waals surface area contributed by atoms with E-state index in [-0.39, 0.29) is 34.6 Å². The van der Waals surface area contributed by atoms with Crippen molar-refractivity contribution in [2.45, 2.75) is 25.6 Å². The summed E-state index contributed by atoms with van der Waals surface area (Å²) >= 11 is 0. The average Bonchev–Trinajstić information content (AvgIpc) is 2.81. The van der Waals surface area contributed by atoms with Crippen LogP contribution in [0, 0.1) is 0 Å². The Bertz CT molecular complexity index is 627. The van der Waals surface area contributed by atoms with Crippen LogP contribution in [0.3, 0.4) is 0 Å². The second kappa shape index (κ2) is 3.93. The molecule has 1 aromatic carbocycles. The summed E-state index contributed by atoms with van der Waals surface area (Å²) in [6, 6.07) is 4.43. The van der Waals surface area contributed by atoms with Crippen molar-refractivity contribution in [3.05, 3.63) is 34.9 Å². The van der Waals surface area contributed by atoms with E-state index in [4.69, 9.17) is 4.74 Å². The minimum Gasteiger partial charge on any atom is -0.507 e. The highest BCUT2D eigenvalue weighted by Crippen LogP contribution is 2.43. The number of carbonyl (C=O) groups is 2. The number of aliphatic hydroxyl groups excluding tert-OH is 1. The molecule has 0 aromatic heterocycles. The Morgan fingerprint density at radius 1 is 1.32 bits per heavy atom. The monoisotopic (exact) mass is 260 g/mol. The molecule has 0 fully saturated rings. The maximum atomic E-state index is 12.0. The lowest BCUT2D eigenvalue weighted by Gasteiger charge is -2.18. The van der Waals surface area contributed by atoms with Crippen LogP contribution in [-0.4, -0.2) is 34.0 Å². The van der Waals surface area contributed by atoms with E-state index in [1.807, 2.05) is 0 Å². The number of ketones is 2. The van der Waals surface area contributed by atoms with Crippen LogP contribution in [0.25, 0.3) is 5.76 Å². The number of aromatic hydroxyl groups is 1. The van der Waals surface area contributed by atoms with Crippen LogP contribution in [0.2, 0.25) is 0 Å². The summed E-state index contributed by atoms with van der Waals surface area (Å²) in [5, 5.41) is 19.5. The van der Waals surface area contributed by atoms with Crippen molar-refractivity contribution in [1.29, 1.82) is 0 Å². The number of fused-ring (bicyclic) bond motifs is 2. The molecule has 0 saturated heterocycles. The number of carbonyl (C=O) groups excluding carboxylic acids is 2. The first-order chi connectivity index (χ1) is 9.00. The molecule has 5 nitrogen and oxygen atoms in total. The fourth-order valence-electron chi connectivity index (χ4n) is 2.46. The topological polar surface area (TPSA) is 83.8 Å². The average molecular weight is 260 g/mol. The predicted octanol–water partition coefficient (Wildman–Crippen LogP) is 1.04. The SMILES string of the molecule is CC(O)C1CC2=C(O1)c1c(O)cccc1C(=O)C2=O. The third-order valence-corrected chi connectivity index (χ3v) is 3.48. The molecule has 3 rings (SSSR count). The quantitative estimate of drug-likeness (QED) is 0.737. The van der Waals surface area contributed by atoms with Crippen molar-refractivity contribution in [3.8, 4) is 5.75 Å². The summed E-state index contributed by atoms with van der Waals surface area (Å²) in [5.41, 5.74) is 0.644. The van der Waals surface area contributed by atoms with Crippen molar-refractivity contribution in [3.63, 3.8) is 0 Å². The third kappa shape index (κ3) is 1.58. The van der Waals surface area contributed by atoms with Gasteiger partial charge in [-0.05, 0) is 19.1 Å². The molecule has 5 heteroatoms. The van der Waals surface area contributed by atoms with Gasteiger partial charge < -0.3 is 14.9 Å². The van der Waals surface area contributed by atoms with Gasteiger partial charge in [-0.15, -0.1) is 0 Å². The molecular weight excluding hydrogens is 248 g/mol. The first-order valence-corrected chi connectivity index (χ1v) is 6.00. The van der Waals surface area contributed by atoms with Gasteiger partial charge in [-0.3, -0.25) is 9.59 Å². The predicted molar refractivity (Wildman–Crippen MR) is 65.5 cm³/mol. The fourth-order valence-corrected chi connectivity index (χ4v) is 2.46. The van der Waals surface area contributed by atoms with Gasteiger partial charge in [0.2, 0.25) is 11.6 Å². The summed E-state index contributed by atoms with van der Waals surface area (Å²) in [7, 11) is 0. The highest BCUT2D eigenvalue weighted by molar-refractivity contribution is 6.52. The molecule has 0 spiro atoms. The van der Waals surface area contributed by atoms with Gasteiger partial charge >= 0.3 is 0 Å². The van der Waals surface area contributed by atoms with Crippen LogP contribution < -0.4 is 0 Å². The number of phenolic OH excluding ortho intramolecular Hbond substituents is 1. The molecule has 2 N–H and O–H groups in total. The Balaban J connectivity index is 2.18. The first kappa shape index (κ1) is 11.9. The molecule has 0 saturated carbocycles. The van der Waals surface area contributed by atoms with E-state index in [2.05, 4.69) is 0 Å². The molecule has 1 aliphatic carbocycles. The Morgan fingerprint density at radius 3 is 2.74 bits per heavy atom. The molecule has 1 heterocycles. The second-order valence-corrected chi connectivity index (χ2v) is 4.77. The maximum Gasteiger partial charge on any atom is 0.234 e. The molecule has 1 aliphatic heterocycles. The van der Waals surface area contributed by atoms with Crippen LogP contribution in [0.5, 0.6) is 5.75 Å². The van der Waals surface area contributed by atoms with Gasteiger partial charge in [0.15, 0.2) is 0 Å². The zero-order valence-electron chi connectivity index (χ0n) is 10.2. The lowest BCUT2D eigenvalue weighted by molar-refractivity contribution is -0.112. The number of hydrogen-bond donors (Lipinski definition) is 2. The van der Waals surface area contributed by atoms with Crippen molar-refractivity contribution in [1.82, 2.24) is 0 Å². The Hall–Kier alpha value is -2.14. The highest BCUT2D eigenvalue weighted by atomic mass is 16.5. The Kier molecular flexibility index (Phi) is 2.46. The number of phenols is 1. The van der Waals surface area contributed by atoms with Crippen molar-refractivity contribution < 1.29 is 24.5 Å². The van der Waals surface area contributed by atoms with E-state index < -0.39 is 23.8 Å². The van der Waals surface area contributed by atoms with Gasteiger partial charge in [-0.2, -0.15) is 0 Å². The molecule has 2 unspecified atom stereocenters. The number of hydrogen-bond acceptors (Lipinski definition) is 5. The molecule has 98 valence electrons. The van der Waals surface area contributed by atoms with E-state index in [9.17, 15) is 19.8 Å². The smallest absolute Gasteiger partial charge is 0.234 e. The molecule has 2 atom stereocenters. The summed E-state index contributed by atoms with van der Waals surface area (Å²) in [5.74, 6) is -1.13. The highest BCUT2D eigenvalue weighted by Gasteiger charge is 2.42. The van der Waals surface area contributed by atoms with Crippen LogP contribution in [0.15, 0.2) is 23.8 Å². The van der Waals surface area contributed by atoms with Gasteiger partial charge in [0.05, 0.1) is 17.2 Å². The van der Waals surface area contributed by atoms with Gasteiger partial charge in [0.1, 0.15) is 17.6 Å². The Labute approximate surface area is 109 Å². The minimum absolute atomic E-state index is 0.0999. The molecule has 0 bridgehead atoms. The summed E-state index contributed by atoms with van der Waals surface area (Å²) in [4.78, 5) is 24.0. The van der Waals surface area contributed by atoms with Crippen LogP contribution in [0.1, 0.15) is 29.3 Å². The van der Waals surface area contributed by atoms with Crippen molar-refractivity contribution >= 4 is 17.3 Å². The zero-order chi connectivity index (χ0) is 13.7. The standard InChI is InChI=1S/C14H12O5/c1-6(15)10-5-8-13(18)12(17)7-3-2-4-9(16)11(7)14(8)19-10/h2-4,6,10,15-16H,5H2,1H3. The Morgan fingerprint density at radius 2 is 2.05 bits per heavy atom.